The minimum absolute atomic E-state index is 0.0348. The molecule has 0 aromatic carbocycles. The number of hydrogen-bond acceptors (Lipinski definition) is 3. The summed E-state index contributed by atoms with van der Waals surface area (Å²) in [6, 6.07) is 2.50. The number of ether oxygens (including phenoxy) is 1. The molecule has 2 unspecified atom stereocenters. The van der Waals surface area contributed by atoms with E-state index in [1.165, 1.54) is 12.1 Å². The van der Waals surface area contributed by atoms with Gasteiger partial charge in [-0.2, -0.15) is 5.10 Å². The maximum Gasteiger partial charge on any atom is 0.0811 e. The minimum atomic E-state index is -0.0348. The number of nitrogens with zero attached hydrogens (tertiary/aromatic N) is 2. The predicted octanol–water partition coefficient (Wildman–Crippen LogP) is 1.43. The molecule has 1 aromatic heterocycles. The number of hydrogen-bond donors (Lipinski definition) is 1. The third-order valence-electron chi connectivity index (χ3n) is 3.85. The van der Waals surface area contributed by atoms with Crippen molar-refractivity contribution in [3.05, 3.63) is 17.5 Å². The third-order valence-corrected chi connectivity index (χ3v) is 3.85. The highest BCUT2D eigenvalue weighted by atomic mass is 16.5. The van der Waals surface area contributed by atoms with Crippen LogP contribution in [0.2, 0.25) is 0 Å². The largest absolute Gasteiger partial charge is 0.374 e. The molecular formula is C13H23N3O. The van der Waals surface area contributed by atoms with Crippen molar-refractivity contribution in [2.24, 2.45) is 7.05 Å². The van der Waals surface area contributed by atoms with Gasteiger partial charge < -0.3 is 10.1 Å². The Bertz CT molecular complexity index is 380. The van der Waals surface area contributed by atoms with E-state index >= 15 is 0 Å². The summed E-state index contributed by atoms with van der Waals surface area (Å²) < 4.78 is 7.89. The highest BCUT2D eigenvalue weighted by molar-refractivity contribution is 5.12. The summed E-state index contributed by atoms with van der Waals surface area (Å²) >= 11 is 0. The van der Waals surface area contributed by atoms with E-state index in [4.69, 9.17) is 4.74 Å². The molecule has 0 saturated carbocycles. The molecule has 4 heteroatoms. The van der Waals surface area contributed by atoms with Crippen molar-refractivity contribution in [1.82, 2.24) is 15.1 Å². The highest BCUT2D eigenvalue weighted by Gasteiger charge is 2.37. The van der Waals surface area contributed by atoms with Gasteiger partial charge in [-0.15, -0.1) is 0 Å². The summed E-state index contributed by atoms with van der Waals surface area (Å²) in [6.07, 6.45) is 3.26. The number of nitrogens with one attached hydrogen (secondary N) is 1. The maximum absolute atomic E-state index is 5.92. The average molecular weight is 237 g/mol. The van der Waals surface area contributed by atoms with Crippen molar-refractivity contribution >= 4 is 0 Å². The first-order chi connectivity index (χ1) is 8.05. The van der Waals surface area contributed by atoms with Crippen LogP contribution >= 0.6 is 0 Å². The van der Waals surface area contributed by atoms with Crippen LogP contribution in [0.4, 0.5) is 0 Å². The van der Waals surface area contributed by atoms with Crippen LogP contribution in [-0.2, 0) is 18.2 Å². The second-order valence-corrected chi connectivity index (χ2v) is 5.21. The molecule has 1 aromatic rings. The van der Waals surface area contributed by atoms with Crippen molar-refractivity contribution < 1.29 is 4.74 Å². The molecular weight excluding hydrogens is 214 g/mol. The number of aryl methyl sites for hydroxylation is 2. The van der Waals surface area contributed by atoms with E-state index in [9.17, 15) is 0 Å². The molecule has 2 rings (SSSR count). The van der Waals surface area contributed by atoms with Crippen LogP contribution in [0, 0.1) is 6.92 Å². The lowest BCUT2D eigenvalue weighted by Gasteiger charge is -2.33. The van der Waals surface area contributed by atoms with Crippen LogP contribution in [0.1, 0.15) is 31.2 Å². The standard InChI is InChI=1S/C13H23N3O/c1-10-8-11(16(4)15-10)9-12(14-3)13(2)6-5-7-17-13/h8,12,14H,5-7,9H2,1-4H3. The van der Waals surface area contributed by atoms with Crippen molar-refractivity contribution in [2.45, 2.75) is 44.8 Å². The lowest BCUT2D eigenvalue weighted by Crippen LogP contribution is -2.48. The van der Waals surface area contributed by atoms with Gasteiger partial charge in [0.25, 0.3) is 0 Å². The van der Waals surface area contributed by atoms with E-state index in [1.807, 2.05) is 25.7 Å². The Morgan fingerprint density at radius 3 is 2.88 bits per heavy atom. The molecule has 2 heterocycles. The highest BCUT2D eigenvalue weighted by Crippen LogP contribution is 2.30. The fourth-order valence-electron chi connectivity index (χ4n) is 2.76. The SMILES string of the molecule is CNC(Cc1cc(C)nn1C)C1(C)CCCO1. The van der Waals surface area contributed by atoms with E-state index in [1.54, 1.807) is 0 Å². The summed E-state index contributed by atoms with van der Waals surface area (Å²) in [6.45, 7) is 5.13. The predicted molar refractivity (Wildman–Crippen MR) is 68.1 cm³/mol. The molecule has 1 saturated heterocycles. The van der Waals surface area contributed by atoms with Crippen LogP contribution in [0.25, 0.3) is 0 Å². The Balaban J connectivity index is 2.12. The van der Waals surface area contributed by atoms with Gasteiger partial charge in [0.2, 0.25) is 0 Å². The molecule has 1 N–H and O–H groups in total. The van der Waals surface area contributed by atoms with E-state index in [-0.39, 0.29) is 5.60 Å². The van der Waals surface area contributed by atoms with E-state index in [2.05, 4.69) is 23.4 Å². The number of aromatic nitrogens is 2. The average Bonchev–Trinajstić information content (AvgIpc) is 2.83. The van der Waals surface area contributed by atoms with Gasteiger partial charge in [0.05, 0.1) is 11.3 Å². The van der Waals surface area contributed by atoms with Gasteiger partial charge in [0.1, 0.15) is 0 Å². The number of rotatable bonds is 4. The van der Waals surface area contributed by atoms with Crippen LogP contribution < -0.4 is 5.32 Å². The van der Waals surface area contributed by atoms with Crippen molar-refractivity contribution in [3.8, 4) is 0 Å². The molecule has 2 atom stereocenters. The Morgan fingerprint density at radius 2 is 2.41 bits per heavy atom. The van der Waals surface area contributed by atoms with E-state index in [0.717, 1.165) is 25.1 Å². The lowest BCUT2D eigenvalue weighted by atomic mass is 9.90. The minimum Gasteiger partial charge on any atom is -0.374 e. The molecule has 4 nitrogen and oxygen atoms in total. The first-order valence-electron chi connectivity index (χ1n) is 6.36. The zero-order chi connectivity index (χ0) is 12.5. The molecule has 96 valence electrons. The number of likely N-dealkylation sites (N-methyl/N-ethyl adjacent to an activating group) is 1. The van der Waals surface area contributed by atoms with Crippen molar-refractivity contribution in [3.63, 3.8) is 0 Å². The quantitative estimate of drug-likeness (QED) is 0.861. The molecule has 0 spiro atoms. The first-order valence-corrected chi connectivity index (χ1v) is 6.36. The van der Waals surface area contributed by atoms with Crippen molar-refractivity contribution in [2.75, 3.05) is 13.7 Å². The Kier molecular flexibility index (Phi) is 3.54. The summed E-state index contributed by atoms with van der Waals surface area (Å²) in [4.78, 5) is 0. The van der Waals surface area contributed by atoms with Gasteiger partial charge >= 0.3 is 0 Å². The lowest BCUT2D eigenvalue weighted by molar-refractivity contribution is -0.00986. The fraction of sp³-hybridized carbons (Fsp3) is 0.769. The Hall–Kier alpha value is -0.870. The molecule has 0 radical (unpaired) electrons. The van der Waals surface area contributed by atoms with Gasteiger partial charge in [-0.05, 0) is 39.8 Å². The Morgan fingerprint density at radius 1 is 1.65 bits per heavy atom. The van der Waals surface area contributed by atoms with Crippen molar-refractivity contribution in [1.29, 1.82) is 0 Å². The van der Waals surface area contributed by atoms with Crippen LogP contribution in [0.15, 0.2) is 6.07 Å². The summed E-state index contributed by atoms with van der Waals surface area (Å²) in [5, 5.41) is 7.80. The summed E-state index contributed by atoms with van der Waals surface area (Å²) in [7, 11) is 4.02. The summed E-state index contributed by atoms with van der Waals surface area (Å²) in [5.74, 6) is 0. The van der Waals surface area contributed by atoms with E-state index in [0.29, 0.717) is 6.04 Å². The van der Waals surface area contributed by atoms with Gasteiger partial charge in [-0.25, -0.2) is 0 Å². The van der Waals surface area contributed by atoms with E-state index < -0.39 is 0 Å². The van der Waals surface area contributed by atoms with Crippen LogP contribution in [0.5, 0.6) is 0 Å². The molecule has 1 aliphatic heterocycles. The third kappa shape index (κ3) is 2.53. The van der Waals surface area contributed by atoms with Crippen LogP contribution in [0.3, 0.4) is 0 Å². The van der Waals surface area contributed by atoms with Gasteiger partial charge in [0.15, 0.2) is 0 Å². The van der Waals surface area contributed by atoms with Crippen LogP contribution in [-0.4, -0.2) is 35.1 Å². The van der Waals surface area contributed by atoms with Gasteiger partial charge in [0, 0.05) is 31.8 Å². The first kappa shape index (κ1) is 12.6. The zero-order valence-corrected chi connectivity index (χ0v) is 11.3. The second kappa shape index (κ2) is 4.78. The molecule has 1 fully saturated rings. The summed E-state index contributed by atoms with van der Waals surface area (Å²) in [5.41, 5.74) is 2.31. The molecule has 1 aliphatic rings. The molecule has 0 bridgehead atoms. The normalized spacial score (nSPS) is 26.4. The zero-order valence-electron chi connectivity index (χ0n) is 11.3. The molecule has 0 aliphatic carbocycles. The Labute approximate surface area is 103 Å². The maximum atomic E-state index is 5.92. The smallest absolute Gasteiger partial charge is 0.0811 e. The molecule has 17 heavy (non-hydrogen) atoms. The monoisotopic (exact) mass is 237 g/mol. The topological polar surface area (TPSA) is 39.1 Å². The van der Waals surface area contributed by atoms with Gasteiger partial charge in [-0.1, -0.05) is 0 Å². The fourth-order valence-corrected chi connectivity index (χ4v) is 2.76. The second-order valence-electron chi connectivity index (χ2n) is 5.21. The molecule has 0 amide bonds. The van der Waals surface area contributed by atoms with Gasteiger partial charge in [-0.3, -0.25) is 4.68 Å².